The zero-order valence-corrected chi connectivity index (χ0v) is 63.5. The zero-order chi connectivity index (χ0) is 74.0. The van der Waals surface area contributed by atoms with Crippen LogP contribution < -0.4 is 16.0 Å². The number of nitrogens with one attached hydrogen (secondary N) is 3. The predicted molar refractivity (Wildman–Crippen MR) is 384 cm³/mol. The number of amides is 12. The molecule has 3 saturated heterocycles. The van der Waals surface area contributed by atoms with Crippen molar-refractivity contribution < 1.29 is 66.7 Å². The maximum absolute atomic E-state index is 15.7. The van der Waals surface area contributed by atoms with Crippen molar-refractivity contribution in [2.24, 2.45) is 35.5 Å². The van der Waals surface area contributed by atoms with Crippen molar-refractivity contribution in [2.75, 3.05) is 94.9 Å². The van der Waals surface area contributed by atoms with Crippen molar-refractivity contribution in [1.82, 2.24) is 60.0 Å². The Balaban J connectivity index is 1.08. The van der Waals surface area contributed by atoms with Crippen molar-refractivity contribution in [3.63, 3.8) is 0 Å². The third kappa shape index (κ3) is 19.0. The van der Waals surface area contributed by atoms with Crippen LogP contribution in [0, 0.1) is 35.5 Å². The summed E-state index contributed by atoms with van der Waals surface area (Å²) in [7, 11) is 11.9. The minimum absolute atomic E-state index is 0.00518. The molecule has 0 aromatic carbocycles. The van der Waals surface area contributed by atoms with Crippen LogP contribution in [0.4, 0.5) is 4.39 Å². The molecule has 2 bridgehead atoms. The highest BCUT2D eigenvalue weighted by Crippen LogP contribution is 2.46. The van der Waals surface area contributed by atoms with E-state index in [4.69, 9.17) is 4.74 Å². The molecular weight excluding hydrogens is 1330 g/mol. The first-order chi connectivity index (χ1) is 48.6. The highest BCUT2D eigenvalue weighted by molar-refractivity contribution is 8.00. The Labute approximate surface area is 608 Å². The summed E-state index contributed by atoms with van der Waals surface area (Å²) in [6, 6.07) is -9.43. The lowest BCUT2D eigenvalue weighted by Gasteiger charge is -2.46. The maximum atomic E-state index is 15.7. The number of ether oxygens (including phenoxy) is 1. The summed E-state index contributed by atoms with van der Waals surface area (Å²) in [5.41, 5.74) is -1.49. The van der Waals surface area contributed by atoms with E-state index < -0.39 is 162 Å². The maximum Gasteiger partial charge on any atom is 0.248 e. The Morgan fingerprint density at radius 3 is 1.94 bits per heavy atom. The van der Waals surface area contributed by atoms with Crippen molar-refractivity contribution in [1.29, 1.82) is 0 Å². The normalized spacial score (nSPS) is 33.3. The molecule has 1 spiro atoms. The van der Waals surface area contributed by atoms with E-state index in [9.17, 15) is 33.2 Å². The third-order valence-electron chi connectivity index (χ3n) is 24.5. The Bertz CT molecular complexity index is 3070. The second-order valence-electron chi connectivity index (χ2n) is 31.8. The standard InChI is InChI=1S/C75H119FN12O13S/c1-12-46(3)64-72(98)82(7)45-63(91)83(8)55-22-15-14-18-36-87(71(55)97)59(40-49-25-29-52(76)30-26-49)70(96)81(6)44-61(89)77-54(31-27-47-28-32-60-51(38-47)33-37-102-60)68(94)88-43-53(101-13-2)41-57(88)67(93)79-75(34-19-35-75)74(100)86(11)65(50-20-16-17-21-50)73(99)85(10)58(69(95)80(4)5)42-62(90)84(9)56(66(92)78-64)39-48-23-24-48/h14-15,46-60,64-65H,12-13,16-45H2,1-11H3,(H,77,89)(H,78,92)(H,79,93)/b15-14-/t46-,47?,49?,51?,52?,53+,54-,55-,56-,57-,58-,59-,60?,64-,65-/m0/s1. The number of rotatable bonds is 13. The Hall–Kier alpha value is -6.38. The average molecular weight is 1450 g/mol. The summed E-state index contributed by atoms with van der Waals surface area (Å²) < 4.78 is 21.0. The second kappa shape index (κ2) is 35.6. The first kappa shape index (κ1) is 79.7. The summed E-state index contributed by atoms with van der Waals surface area (Å²) in [4.78, 5) is 194. The van der Waals surface area contributed by atoms with Gasteiger partial charge in [0.15, 0.2) is 0 Å². The van der Waals surface area contributed by atoms with Crippen molar-refractivity contribution in [2.45, 2.75) is 259 Å². The van der Waals surface area contributed by atoms with Gasteiger partial charge in [0.1, 0.15) is 60.0 Å². The fourth-order valence-electron chi connectivity index (χ4n) is 17.5. The summed E-state index contributed by atoms with van der Waals surface area (Å²) in [5.74, 6) is -5.96. The van der Waals surface area contributed by atoms with E-state index in [1.807, 2.05) is 31.7 Å². The molecule has 4 heterocycles. The van der Waals surface area contributed by atoms with Gasteiger partial charge in [-0.05, 0) is 170 Å². The molecule has 9 rings (SSSR count). The second-order valence-corrected chi connectivity index (χ2v) is 33.1. The molecule has 0 aromatic rings. The Kier molecular flexibility index (Phi) is 27.8. The molecule has 13 atom stereocenters. The molecule has 5 aliphatic carbocycles. The quantitative estimate of drug-likeness (QED) is 0.207. The van der Waals surface area contributed by atoms with Crippen molar-refractivity contribution in [3.05, 3.63) is 12.2 Å². The van der Waals surface area contributed by atoms with E-state index in [1.54, 1.807) is 20.0 Å². The highest BCUT2D eigenvalue weighted by atomic mass is 32.2. The molecule has 3 unspecified atom stereocenters. The predicted octanol–water partition coefficient (Wildman–Crippen LogP) is 4.92. The molecule has 12 amide bonds. The van der Waals surface area contributed by atoms with Crippen LogP contribution in [0.3, 0.4) is 0 Å². The SMILES string of the molecule is CCO[C@@H]1C[C@H]2C(=O)NC3(CCC3)C(=O)N(C)[C@@H](C3CCCC3)C(=O)N(C)[C@H](C(=O)N(C)C)CC(=O)N(C)[C@@H](CC3CC3)C(=O)N[C@@H]([C@@H](C)CC)C(=O)N(C)CC(=O)N(C)[C@H]3C/C=C\CCN(C3=O)[C@@H](CC3CCC(F)CC3)C(=O)N(C)CC(=O)N[C@@H](CCC3CCC4SCCC4C3)C(=O)N2C1. The first-order valence-corrected chi connectivity index (χ1v) is 39.4. The molecule has 25 nitrogen and oxygen atoms in total. The summed E-state index contributed by atoms with van der Waals surface area (Å²) in [6.45, 7) is 4.80. The van der Waals surface area contributed by atoms with Gasteiger partial charge in [0.25, 0.3) is 0 Å². The number of hydrogen-bond donors (Lipinski definition) is 3. The summed E-state index contributed by atoms with van der Waals surface area (Å²) in [6.07, 6.45) is 14.7. The molecule has 570 valence electrons. The third-order valence-corrected chi connectivity index (χ3v) is 26.0. The summed E-state index contributed by atoms with van der Waals surface area (Å²) >= 11 is 2.02. The smallest absolute Gasteiger partial charge is 0.248 e. The highest BCUT2D eigenvalue weighted by Gasteiger charge is 2.54. The first-order valence-electron chi connectivity index (χ1n) is 38.4. The molecule has 27 heteroatoms. The van der Waals surface area contributed by atoms with Gasteiger partial charge in [-0.1, -0.05) is 58.1 Å². The molecule has 5 saturated carbocycles. The molecular formula is C75H119FN12O13S. The van der Waals surface area contributed by atoms with Gasteiger partial charge >= 0.3 is 0 Å². The van der Waals surface area contributed by atoms with Gasteiger partial charge in [0.05, 0.1) is 25.6 Å². The van der Waals surface area contributed by atoms with Gasteiger partial charge in [-0.2, -0.15) is 11.8 Å². The minimum Gasteiger partial charge on any atom is -0.377 e. The number of fused-ring (bicyclic) bond motifs is 4. The summed E-state index contributed by atoms with van der Waals surface area (Å²) in [5, 5.41) is 9.71. The van der Waals surface area contributed by atoms with E-state index in [2.05, 4.69) is 16.0 Å². The number of likely N-dealkylation sites (N-methyl/N-ethyl adjacent to an activating group) is 7. The number of hydrogen-bond acceptors (Lipinski definition) is 14. The molecule has 9 aliphatic rings. The van der Waals surface area contributed by atoms with Gasteiger partial charge < -0.3 is 64.8 Å². The van der Waals surface area contributed by atoms with Crippen LogP contribution in [-0.4, -0.2) is 281 Å². The van der Waals surface area contributed by atoms with Crippen LogP contribution >= 0.6 is 11.8 Å². The van der Waals surface area contributed by atoms with Crippen LogP contribution in [-0.2, 0) is 62.3 Å². The molecule has 102 heavy (non-hydrogen) atoms. The van der Waals surface area contributed by atoms with E-state index in [0.717, 1.165) is 57.1 Å². The minimum atomic E-state index is -1.49. The fraction of sp³-hybridized carbons (Fsp3) is 0.813. The Morgan fingerprint density at radius 2 is 1.30 bits per heavy atom. The zero-order valence-electron chi connectivity index (χ0n) is 62.7. The topological polar surface area (TPSA) is 279 Å². The number of carbonyl (C=O) groups is 12. The van der Waals surface area contributed by atoms with E-state index >= 15 is 28.8 Å². The lowest BCUT2D eigenvalue weighted by Crippen LogP contribution is -2.68. The van der Waals surface area contributed by atoms with Gasteiger partial charge in [-0.15, -0.1) is 0 Å². The molecule has 4 aliphatic heterocycles. The van der Waals surface area contributed by atoms with Gasteiger partial charge in [-0.3, -0.25) is 57.5 Å². The van der Waals surface area contributed by atoms with Crippen LogP contribution in [0.15, 0.2) is 12.2 Å². The van der Waals surface area contributed by atoms with Crippen molar-refractivity contribution >= 4 is 82.6 Å². The van der Waals surface area contributed by atoms with E-state index in [1.165, 1.54) is 93.4 Å². The Morgan fingerprint density at radius 1 is 0.647 bits per heavy atom. The monoisotopic (exact) mass is 1450 g/mol. The molecule has 8 fully saturated rings. The average Bonchev–Trinajstić information content (AvgIpc) is 1.25. The van der Waals surface area contributed by atoms with E-state index in [0.29, 0.717) is 62.5 Å². The van der Waals surface area contributed by atoms with Gasteiger partial charge in [-0.25, -0.2) is 4.39 Å². The number of nitrogens with zero attached hydrogens (tertiary/aromatic N) is 9. The molecule has 0 radical (unpaired) electrons. The molecule has 3 N–H and O–H groups in total. The van der Waals surface area contributed by atoms with E-state index in [-0.39, 0.29) is 101 Å². The number of halogens is 1. The number of carbonyl (C=O) groups excluding carboxylic acids is 12. The molecule has 0 aromatic heterocycles. The number of thioether (sulfide) groups is 1. The fourth-order valence-corrected chi connectivity index (χ4v) is 19.0. The van der Waals surface area contributed by atoms with Gasteiger partial charge in [0, 0.05) is 87.7 Å². The van der Waals surface area contributed by atoms with Crippen LogP contribution in [0.25, 0.3) is 0 Å². The van der Waals surface area contributed by atoms with Gasteiger partial charge in [0.2, 0.25) is 70.9 Å². The van der Waals surface area contributed by atoms with Crippen molar-refractivity contribution in [3.8, 4) is 0 Å². The lowest BCUT2D eigenvalue weighted by atomic mass is 9.74. The van der Waals surface area contributed by atoms with Crippen LogP contribution in [0.5, 0.6) is 0 Å². The van der Waals surface area contributed by atoms with Crippen LogP contribution in [0.2, 0.25) is 0 Å². The number of alkyl halides is 1. The van der Waals surface area contributed by atoms with Crippen LogP contribution in [0.1, 0.15) is 188 Å². The lowest BCUT2D eigenvalue weighted by molar-refractivity contribution is -0.158. The largest absolute Gasteiger partial charge is 0.377 e.